The van der Waals surface area contributed by atoms with Gasteiger partial charge in [0.15, 0.2) is 5.69 Å². The van der Waals surface area contributed by atoms with Crippen LogP contribution in [0.2, 0.25) is 0 Å². The van der Waals surface area contributed by atoms with E-state index in [-0.39, 0.29) is 11.3 Å². The van der Waals surface area contributed by atoms with Crippen molar-refractivity contribution in [3.05, 3.63) is 17.0 Å². The molecule has 27 heavy (non-hydrogen) atoms. The Kier molecular flexibility index (Phi) is 5.24. The minimum atomic E-state index is 0.0753. The highest BCUT2D eigenvalue weighted by molar-refractivity contribution is 5.94. The predicted octanol–water partition coefficient (Wildman–Crippen LogP) is 2.93. The number of likely N-dealkylation sites (tertiary alicyclic amines) is 2. The fraction of sp³-hybridized carbons (Fsp3) is 0.762. The van der Waals surface area contributed by atoms with Crippen LogP contribution >= 0.6 is 0 Å². The maximum absolute atomic E-state index is 13.2. The quantitative estimate of drug-likeness (QED) is 0.883. The normalized spacial score (nSPS) is 25.7. The Bertz CT molecular complexity index is 713. The number of hydrogen-bond acceptors (Lipinski definition) is 3. The summed E-state index contributed by atoms with van der Waals surface area (Å²) in [6.45, 7) is 5.41. The molecule has 148 valence electrons. The van der Waals surface area contributed by atoms with Gasteiger partial charge in [-0.3, -0.25) is 14.7 Å². The summed E-state index contributed by atoms with van der Waals surface area (Å²) >= 11 is 0. The van der Waals surface area contributed by atoms with Crippen molar-refractivity contribution in [2.24, 2.45) is 5.41 Å². The van der Waals surface area contributed by atoms with E-state index in [0.717, 1.165) is 88.8 Å². The number of H-pyrrole nitrogens is 1. The summed E-state index contributed by atoms with van der Waals surface area (Å²) in [6.07, 6.45) is 10.1. The average Bonchev–Trinajstić information content (AvgIpc) is 3.12. The molecule has 4 rings (SSSR count). The maximum atomic E-state index is 13.2. The highest BCUT2D eigenvalue weighted by atomic mass is 16.2. The Balaban J connectivity index is 1.48. The van der Waals surface area contributed by atoms with Gasteiger partial charge < -0.3 is 9.80 Å². The first-order chi connectivity index (χ1) is 13.1. The Morgan fingerprint density at radius 2 is 2.00 bits per heavy atom. The lowest BCUT2D eigenvalue weighted by Crippen LogP contribution is -2.55. The molecule has 1 atom stereocenters. The van der Waals surface area contributed by atoms with E-state index in [4.69, 9.17) is 0 Å². The van der Waals surface area contributed by atoms with Gasteiger partial charge in [-0.25, -0.2) is 0 Å². The second-order valence-electron chi connectivity index (χ2n) is 8.74. The highest BCUT2D eigenvalue weighted by Crippen LogP contribution is 2.39. The molecule has 1 aromatic rings. The number of nitrogens with zero attached hydrogens (tertiary/aromatic N) is 3. The largest absolute Gasteiger partial charge is 0.342 e. The second kappa shape index (κ2) is 7.64. The van der Waals surface area contributed by atoms with Crippen molar-refractivity contribution < 1.29 is 9.59 Å². The third-order valence-corrected chi connectivity index (χ3v) is 6.74. The molecule has 1 unspecified atom stereocenters. The van der Waals surface area contributed by atoms with E-state index in [0.29, 0.717) is 18.0 Å². The van der Waals surface area contributed by atoms with E-state index >= 15 is 0 Å². The van der Waals surface area contributed by atoms with Gasteiger partial charge in [0.05, 0.1) is 0 Å². The van der Waals surface area contributed by atoms with Crippen LogP contribution in [-0.4, -0.2) is 58.0 Å². The standard InChI is InChI=1S/C21H32N4O2/c1-2-3-12-24-14-21(11-9-18(24)26)10-6-13-25(15-21)20(27)19-16-7-4-5-8-17(16)22-23-19/h2-15H2,1H3,(H,22,23). The number of carbonyl (C=O) groups excluding carboxylic acids is 2. The molecular formula is C21H32N4O2. The van der Waals surface area contributed by atoms with E-state index in [1.165, 1.54) is 6.42 Å². The third-order valence-electron chi connectivity index (χ3n) is 6.74. The van der Waals surface area contributed by atoms with Crippen molar-refractivity contribution in [3.8, 4) is 0 Å². The smallest absolute Gasteiger partial charge is 0.274 e. The first-order valence-corrected chi connectivity index (χ1v) is 10.7. The van der Waals surface area contributed by atoms with Crippen LogP contribution in [0.3, 0.4) is 0 Å². The number of fused-ring (bicyclic) bond motifs is 1. The fourth-order valence-electron chi connectivity index (χ4n) is 5.18. The number of amides is 2. The zero-order valence-corrected chi connectivity index (χ0v) is 16.6. The molecule has 2 amide bonds. The van der Waals surface area contributed by atoms with Crippen molar-refractivity contribution in [2.75, 3.05) is 26.2 Å². The molecule has 3 heterocycles. The zero-order chi connectivity index (χ0) is 18.9. The number of carbonyl (C=O) groups is 2. The molecule has 0 bridgehead atoms. The summed E-state index contributed by atoms with van der Waals surface area (Å²) in [6, 6.07) is 0. The fourth-order valence-corrected chi connectivity index (χ4v) is 5.18. The van der Waals surface area contributed by atoms with Crippen molar-refractivity contribution in [1.82, 2.24) is 20.0 Å². The molecule has 6 nitrogen and oxygen atoms in total. The summed E-state index contributed by atoms with van der Waals surface area (Å²) in [5, 5.41) is 7.50. The van der Waals surface area contributed by atoms with Gasteiger partial charge in [-0.15, -0.1) is 0 Å². The lowest BCUT2D eigenvalue weighted by Gasteiger charge is -2.48. The number of piperidine rings is 2. The molecule has 1 N–H and O–H groups in total. The Morgan fingerprint density at radius 1 is 1.15 bits per heavy atom. The van der Waals surface area contributed by atoms with Crippen LogP contribution in [0.25, 0.3) is 0 Å². The topological polar surface area (TPSA) is 69.3 Å². The van der Waals surface area contributed by atoms with Crippen LogP contribution in [0.4, 0.5) is 0 Å². The van der Waals surface area contributed by atoms with E-state index in [1.807, 2.05) is 4.90 Å². The van der Waals surface area contributed by atoms with Crippen LogP contribution in [0.5, 0.6) is 0 Å². The zero-order valence-electron chi connectivity index (χ0n) is 16.6. The van der Waals surface area contributed by atoms with E-state index in [9.17, 15) is 9.59 Å². The lowest BCUT2D eigenvalue weighted by atomic mass is 9.73. The van der Waals surface area contributed by atoms with Gasteiger partial charge in [0.1, 0.15) is 0 Å². The van der Waals surface area contributed by atoms with Crippen LogP contribution in [-0.2, 0) is 17.6 Å². The van der Waals surface area contributed by atoms with Crippen LogP contribution in [0.15, 0.2) is 0 Å². The van der Waals surface area contributed by atoms with Gasteiger partial charge in [-0.1, -0.05) is 13.3 Å². The molecule has 1 aromatic heterocycles. The Morgan fingerprint density at radius 3 is 2.85 bits per heavy atom. The molecule has 0 saturated carbocycles. The molecule has 0 radical (unpaired) electrons. The third kappa shape index (κ3) is 3.63. The summed E-state index contributed by atoms with van der Waals surface area (Å²) in [4.78, 5) is 29.6. The summed E-state index contributed by atoms with van der Waals surface area (Å²) < 4.78 is 0. The van der Waals surface area contributed by atoms with E-state index < -0.39 is 0 Å². The first-order valence-electron chi connectivity index (χ1n) is 10.7. The van der Waals surface area contributed by atoms with E-state index in [1.54, 1.807) is 0 Å². The van der Waals surface area contributed by atoms with Crippen LogP contribution < -0.4 is 0 Å². The molecular weight excluding hydrogens is 340 g/mol. The SMILES string of the molecule is CCCCN1CC2(CCCN(C(=O)c3n[nH]c4c3CCCC4)C2)CCC1=O. The van der Waals surface area contributed by atoms with Crippen molar-refractivity contribution >= 4 is 11.8 Å². The molecule has 1 spiro atoms. The molecule has 2 aliphatic heterocycles. The number of aryl methyl sites for hydroxylation is 1. The molecule has 3 aliphatic rings. The van der Waals surface area contributed by atoms with Gasteiger partial charge in [-0.05, 0) is 51.4 Å². The Hall–Kier alpha value is -1.85. The van der Waals surface area contributed by atoms with Gasteiger partial charge in [0.2, 0.25) is 5.91 Å². The molecule has 1 aliphatic carbocycles. The number of unbranched alkanes of at least 4 members (excludes halogenated alkanes) is 1. The number of aromatic nitrogens is 2. The first kappa shape index (κ1) is 18.5. The minimum absolute atomic E-state index is 0.0753. The van der Waals surface area contributed by atoms with Gasteiger partial charge >= 0.3 is 0 Å². The molecule has 6 heteroatoms. The number of rotatable bonds is 4. The van der Waals surface area contributed by atoms with Crippen LogP contribution in [0.1, 0.15) is 80.0 Å². The molecule has 2 fully saturated rings. The Labute approximate surface area is 161 Å². The predicted molar refractivity (Wildman–Crippen MR) is 104 cm³/mol. The average molecular weight is 373 g/mol. The highest BCUT2D eigenvalue weighted by Gasteiger charge is 2.43. The van der Waals surface area contributed by atoms with Crippen LogP contribution in [0, 0.1) is 5.41 Å². The van der Waals surface area contributed by atoms with Crippen molar-refractivity contribution in [1.29, 1.82) is 0 Å². The minimum Gasteiger partial charge on any atom is -0.342 e. The summed E-state index contributed by atoms with van der Waals surface area (Å²) in [7, 11) is 0. The lowest BCUT2D eigenvalue weighted by molar-refractivity contribution is -0.139. The molecule has 2 saturated heterocycles. The van der Waals surface area contributed by atoms with E-state index in [2.05, 4.69) is 22.0 Å². The number of nitrogens with one attached hydrogen (secondary N) is 1. The summed E-state index contributed by atoms with van der Waals surface area (Å²) in [5.41, 5.74) is 3.03. The number of aromatic amines is 1. The van der Waals surface area contributed by atoms with Gasteiger partial charge in [0, 0.05) is 49.3 Å². The second-order valence-corrected chi connectivity index (χ2v) is 8.74. The van der Waals surface area contributed by atoms with Gasteiger partial charge in [-0.2, -0.15) is 5.10 Å². The monoisotopic (exact) mass is 372 g/mol. The maximum Gasteiger partial charge on any atom is 0.274 e. The molecule has 0 aromatic carbocycles. The number of hydrogen-bond donors (Lipinski definition) is 1. The summed E-state index contributed by atoms with van der Waals surface area (Å²) in [5.74, 6) is 0.379. The van der Waals surface area contributed by atoms with Crippen molar-refractivity contribution in [2.45, 2.75) is 71.1 Å². The van der Waals surface area contributed by atoms with Crippen molar-refractivity contribution in [3.63, 3.8) is 0 Å². The van der Waals surface area contributed by atoms with Gasteiger partial charge in [0.25, 0.3) is 5.91 Å².